The SMILES string of the molecule is CCOC(=O)n1nc2c(c1NC(=O)[C@@H]1CC1c1ccccc1)CN(C(=O)Cl)C2(C)C. The van der Waals surface area contributed by atoms with Crippen LogP contribution in [0.25, 0.3) is 0 Å². The summed E-state index contributed by atoms with van der Waals surface area (Å²) in [6, 6.07) is 9.85. The molecule has 4 rings (SSSR count). The third-order valence-electron chi connectivity index (χ3n) is 5.80. The van der Waals surface area contributed by atoms with Crippen molar-refractivity contribution in [2.45, 2.75) is 45.2 Å². The van der Waals surface area contributed by atoms with Gasteiger partial charge < -0.3 is 15.0 Å². The highest BCUT2D eigenvalue weighted by Gasteiger charge is 2.48. The number of anilines is 1. The molecule has 2 atom stereocenters. The van der Waals surface area contributed by atoms with E-state index in [2.05, 4.69) is 10.4 Å². The largest absolute Gasteiger partial charge is 0.448 e. The summed E-state index contributed by atoms with van der Waals surface area (Å²) in [7, 11) is 0. The maximum absolute atomic E-state index is 13.0. The summed E-state index contributed by atoms with van der Waals surface area (Å²) in [6.07, 6.45) is 0.0563. The third-order valence-corrected chi connectivity index (χ3v) is 6.01. The lowest BCUT2D eigenvalue weighted by Crippen LogP contribution is -2.38. The van der Waals surface area contributed by atoms with Gasteiger partial charge in [-0.2, -0.15) is 5.10 Å². The second-order valence-corrected chi connectivity index (χ2v) is 8.36. The van der Waals surface area contributed by atoms with E-state index in [1.54, 1.807) is 20.8 Å². The molecular weight excluding hydrogens is 408 g/mol. The van der Waals surface area contributed by atoms with E-state index in [0.717, 1.165) is 16.7 Å². The first-order chi connectivity index (χ1) is 14.3. The number of nitrogens with zero attached hydrogens (tertiary/aromatic N) is 3. The lowest BCUT2D eigenvalue weighted by Gasteiger charge is -2.29. The van der Waals surface area contributed by atoms with Gasteiger partial charge in [0.05, 0.1) is 24.4 Å². The highest BCUT2D eigenvalue weighted by molar-refractivity contribution is 6.62. The van der Waals surface area contributed by atoms with Crippen LogP contribution >= 0.6 is 11.6 Å². The number of aromatic nitrogens is 2. The van der Waals surface area contributed by atoms with Crippen molar-refractivity contribution in [1.29, 1.82) is 0 Å². The predicted octanol–water partition coefficient (Wildman–Crippen LogP) is 4.04. The van der Waals surface area contributed by atoms with Gasteiger partial charge in [0, 0.05) is 11.5 Å². The number of rotatable bonds is 4. The monoisotopic (exact) mass is 430 g/mol. The number of carbonyl (C=O) groups excluding carboxylic acids is 3. The van der Waals surface area contributed by atoms with E-state index in [0.29, 0.717) is 11.3 Å². The number of carbonyl (C=O) groups is 3. The molecule has 9 heteroatoms. The fraction of sp³-hybridized carbons (Fsp3) is 0.429. The Morgan fingerprint density at radius 1 is 1.27 bits per heavy atom. The summed E-state index contributed by atoms with van der Waals surface area (Å²) in [5.74, 6) is 0.00977. The lowest BCUT2D eigenvalue weighted by molar-refractivity contribution is -0.117. The summed E-state index contributed by atoms with van der Waals surface area (Å²) in [6.45, 7) is 5.59. The number of nitrogens with one attached hydrogen (secondary N) is 1. The van der Waals surface area contributed by atoms with Crippen molar-refractivity contribution in [1.82, 2.24) is 14.7 Å². The molecule has 0 spiro atoms. The van der Waals surface area contributed by atoms with E-state index in [-0.39, 0.29) is 36.7 Å². The molecule has 0 radical (unpaired) electrons. The molecule has 8 nitrogen and oxygen atoms in total. The van der Waals surface area contributed by atoms with E-state index < -0.39 is 17.0 Å². The van der Waals surface area contributed by atoms with Gasteiger partial charge in [-0.05, 0) is 50.3 Å². The Bertz CT molecular complexity index is 1020. The first-order valence-electron chi connectivity index (χ1n) is 9.88. The van der Waals surface area contributed by atoms with E-state index in [9.17, 15) is 14.4 Å². The van der Waals surface area contributed by atoms with Gasteiger partial charge in [-0.3, -0.25) is 9.59 Å². The van der Waals surface area contributed by atoms with E-state index >= 15 is 0 Å². The van der Waals surface area contributed by atoms with Crippen molar-refractivity contribution in [3.05, 3.63) is 47.2 Å². The second kappa shape index (κ2) is 7.43. The van der Waals surface area contributed by atoms with Gasteiger partial charge in [-0.1, -0.05) is 30.3 Å². The Morgan fingerprint density at radius 3 is 2.60 bits per heavy atom. The van der Waals surface area contributed by atoms with Gasteiger partial charge in [0.15, 0.2) is 0 Å². The molecule has 1 aromatic heterocycles. The fourth-order valence-corrected chi connectivity index (χ4v) is 4.34. The Labute approximate surface area is 179 Å². The van der Waals surface area contributed by atoms with Crippen molar-refractivity contribution in [2.75, 3.05) is 11.9 Å². The molecule has 158 valence electrons. The standard InChI is InChI=1S/C21H23ClN4O4/c1-4-30-20(29)26-17(15-11-25(19(22)28)21(2,3)16(15)24-26)23-18(27)14-10-13(14)12-8-6-5-7-9-12/h5-9,13-14H,4,10-11H2,1-3H3,(H,23,27)/t13?,14-/m1/s1. The van der Waals surface area contributed by atoms with Crippen LogP contribution in [0.2, 0.25) is 0 Å². The molecule has 1 aliphatic carbocycles. The van der Waals surface area contributed by atoms with Crippen LogP contribution in [0.15, 0.2) is 30.3 Å². The molecule has 2 aliphatic rings. The normalized spacial score (nSPS) is 21.1. The zero-order valence-electron chi connectivity index (χ0n) is 17.0. The van der Waals surface area contributed by atoms with Crippen molar-refractivity contribution in [2.24, 2.45) is 5.92 Å². The van der Waals surface area contributed by atoms with Crippen LogP contribution in [0.1, 0.15) is 49.9 Å². The molecule has 2 aromatic rings. The lowest BCUT2D eigenvalue weighted by atomic mass is 10.0. The second-order valence-electron chi connectivity index (χ2n) is 8.03. The molecular formula is C21H23ClN4O4. The van der Waals surface area contributed by atoms with Crippen LogP contribution in [0.4, 0.5) is 15.4 Å². The van der Waals surface area contributed by atoms with Crippen molar-refractivity contribution < 1.29 is 19.1 Å². The molecule has 1 saturated carbocycles. The number of amides is 2. The number of halogens is 1. The molecule has 0 bridgehead atoms. The van der Waals surface area contributed by atoms with Crippen LogP contribution < -0.4 is 5.32 Å². The molecule has 2 heterocycles. The molecule has 1 aliphatic heterocycles. The first kappa shape index (κ1) is 20.4. The summed E-state index contributed by atoms with van der Waals surface area (Å²) >= 11 is 5.75. The number of benzene rings is 1. The fourth-order valence-electron chi connectivity index (χ4n) is 4.07. The molecule has 1 aromatic carbocycles. The average Bonchev–Trinajstić information content (AvgIpc) is 3.36. The summed E-state index contributed by atoms with van der Waals surface area (Å²) in [5, 5.41) is 6.63. The van der Waals surface area contributed by atoms with Crippen LogP contribution in [0, 0.1) is 5.92 Å². The molecule has 1 N–H and O–H groups in total. The van der Waals surface area contributed by atoms with Gasteiger partial charge in [-0.15, -0.1) is 4.68 Å². The van der Waals surface area contributed by atoms with Crippen LogP contribution in [-0.4, -0.2) is 38.7 Å². The van der Waals surface area contributed by atoms with Gasteiger partial charge in [-0.25, -0.2) is 4.79 Å². The van der Waals surface area contributed by atoms with E-state index in [4.69, 9.17) is 16.3 Å². The summed E-state index contributed by atoms with van der Waals surface area (Å²) < 4.78 is 6.17. The maximum Gasteiger partial charge on any atom is 0.436 e. The number of hydrogen-bond donors (Lipinski definition) is 1. The number of hydrogen-bond acceptors (Lipinski definition) is 5. The maximum atomic E-state index is 13.0. The Kier molecular flexibility index (Phi) is 5.05. The van der Waals surface area contributed by atoms with E-state index in [1.807, 2.05) is 30.3 Å². The first-order valence-corrected chi connectivity index (χ1v) is 10.3. The van der Waals surface area contributed by atoms with Crippen molar-refractivity contribution in [3.8, 4) is 0 Å². The molecule has 30 heavy (non-hydrogen) atoms. The summed E-state index contributed by atoms with van der Waals surface area (Å²) in [4.78, 5) is 38.7. The zero-order valence-corrected chi connectivity index (χ0v) is 17.8. The van der Waals surface area contributed by atoms with Crippen LogP contribution in [0.3, 0.4) is 0 Å². The predicted molar refractivity (Wildman–Crippen MR) is 110 cm³/mol. The van der Waals surface area contributed by atoms with Gasteiger partial charge in [0.25, 0.3) is 0 Å². The Balaban J connectivity index is 1.63. The molecule has 2 amide bonds. The van der Waals surface area contributed by atoms with Gasteiger partial charge in [0.1, 0.15) is 5.82 Å². The van der Waals surface area contributed by atoms with Crippen LogP contribution in [-0.2, 0) is 21.6 Å². The smallest absolute Gasteiger partial charge is 0.436 e. The topological polar surface area (TPSA) is 93.5 Å². The van der Waals surface area contributed by atoms with Crippen molar-refractivity contribution >= 4 is 34.8 Å². The van der Waals surface area contributed by atoms with Gasteiger partial charge in [0.2, 0.25) is 5.91 Å². The van der Waals surface area contributed by atoms with Crippen LogP contribution in [0.5, 0.6) is 0 Å². The Hall–Kier alpha value is -2.87. The minimum atomic E-state index is -0.822. The van der Waals surface area contributed by atoms with Gasteiger partial charge >= 0.3 is 11.5 Å². The third kappa shape index (κ3) is 3.35. The minimum Gasteiger partial charge on any atom is -0.448 e. The number of ether oxygens (including phenoxy) is 1. The Morgan fingerprint density at radius 2 is 1.97 bits per heavy atom. The quantitative estimate of drug-likeness (QED) is 0.583. The molecule has 1 unspecified atom stereocenters. The summed E-state index contributed by atoms with van der Waals surface area (Å²) in [5.41, 5.74) is 1.39. The highest BCUT2D eigenvalue weighted by Crippen LogP contribution is 2.48. The number of fused-ring (bicyclic) bond motifs is 1. The van der Waals surface area contributed by atoms with Crippen molar-refractivity contribution in [3.63, 3.8) is 0 Å². The minimum absolute atomic E-state index is 0.145. The average molecular weight is 431 g/mol. The molecule has 0 saturated heterocycles. The molecule has 1 fully saturated rings. The zero-order chi connectivity index (χ0) is 21.6. The highest BCUT2D eigenvalue weighted by atomic mass is 35.5. The van der Waals surface area contributed by atoms with E-state index in [1.165, 1.54) is 4.90 Å².